The summed E-state index contributed by atoms with van der Waals surface area (Å²) < 4.78 is 30.1. The van der Waals surface area contributed by atoms with Crippen molar-refractivity contribution in [3.05, 3.63) is 111 Å². The molecule has 0 radical (unpaired) electrons. The smallest absolute Gasteiger partial charge is 0.282 e. The maximum absolute atomic E-state index is 13.7. The van der Waals surface area contributed by atoms with E-state index in [2.05, 4.69) is 5.10 Å². The number of ether oxygens (including phenoxy) is 4. The van der Waals surface area contributed by atoms with Gasteiger partial charge in [-0.05, 0) is 60.2 Å². The van der Waals surface area contributed by atoms with Crippen molar-refractivity contribution in [3.8, 4) is 34.6 Å². The third-order valence-electron chi connectivity index (χ3n) is 6.82. The number of methoxy groups -OCH3 is 3. The molecule has 2 aromatic heterocycles. The van der Waals surface area contributed by atoms with Crippen molar-refractivity contribution in [2.75, 3.05) is 21.3 Å². The van der Waals surface area contributed by atoms with Crippen LogP contribution in [-0.2, 0) is 6.61 Å². The number of hydrogen-bond acceptors (Lipinski definition) is 8. The molecule has 9 nitrogen and oxygen atoms in total. The van der Waals surface area contributed by atoms with Gasteiger partial charge in [-0.2, -0.15) is 9.78 Å². The Labute approximate surface area is 251 Å². The van der Waals surface area contributed by atoms with Crippen LogP contribution in [0.1, 0.15) is 11.1 Å². The van der Waals surface area contributed by atoms with E-state index in [9.17, 15) is 4.79 Å². The van der Waals surface area contributed by atoms with Gasteiger partial charge in [0.2, 0.25) is 11.6 Å². The van der Waals surface area contributed by atoms with Gasteiger partial charge in [0.25, 0.3) is 5.56 Å². The fraction of sp³-hybridized carbons (Fsp3) is 0.121. The zero-order valence-electron chi connectivity index (χ0n) is 23.5. The SMILES string of the molecule is COc1cc(C=Nn2c(-c3cc4c(OC)cccc4o3)nc3ccccc3c2=O)cc(OC)c1OCc1ccc(Cl)cc1. The summed E-state index contributed by atoms with van der Waals surface area (Å²) >= 11 is 6.00. The molecule has 0 unspecified atom stereocenters. The van der Waals surface area contributed by atoms with Gasteiger partial charge in [-0.25, -0.2) is 4.98 Å². The minimum atomic E-state index is -0.355. The molecule has 4 aromatic carbocycles. The lowest BCUT2D eigenvalue weighted by atomic mass is 10.2. The fourth-order valence-electron chi connectivity index (χ4n) is 4.69. The fourth-order valence-corrected chi connectivity index (χ4v) is 4.82. The van der Waals surface area contributed by atoms with E-state index in [4.69, 9.17) is 39.9 Å². The Balaban J connectivity index is 1.42. The Kier molecular flexibility index (Phi) is 7.72. The zero-order chi connectivity index (χ0) is 29.9. The van der Waals surface area contributed by atoms with Gasteiger partial charge in [0.1, 0.15) is 17.9 Å². The van der Waals surface area contributed by atoms with Crippen LogP contribution in [0.25, 0.3) is 33.5 Å². The van der Waals surface area contributed by atoms with E-state index in [1.54, 1.807) is 55.6 Å². The van der Waals surface area contributed by atoms with Gasteiger partial charge in [0.15, 0.2) is 17.3 Å². The topological polar surface area (TPSA) is 97.3 Å². The molecule has 0 aliphatic heterocycles. The molecule has 10 heteroatoms. The summed E-state index contributed by atoms with van der Waals surface area (Å²) in [7, 11) is 4.67. The zero-order valence-corrected chi connectivity index (χ0v) is 24.3. The van der Waals surface area contributed by atoms with Crippen LogP contribution < -0.4 is 24.5 Å². The largest absolute Gasteiger partial charge is 0.496 e. The summed E-state index contributed by atoms with van der Waals surface area (Å²) in [4.78, 5) is 18.4. The monoisotopic (exact) mass is 595 g/mol. The Morgan fingerprint density at radius 3 is 2.30 bits per heavy atom. The Hall–Kier alpha value is -5.28. The molecule has 216 valence electrons. The van der Waals surface area contributed by atoms with Crippen molar-refractivity contribution in [1.82, 2.24) is 9.66 Å². The first-order valence-electron chi connectivity index (χ1n) is 13.3. The van der Waals surface area contributed by atoms with Crippen LogP contribution in [0.3, 0.4) is 0 Å². The van der Waals surface area contributed by atoms with E-state index >= 15 is 0 Å². The van der Waals surface area contributed by atoms with Gasteiger partial charge in [-0.3, -0.25) is 4.79 Å². The van der Waals surface area contributed by atoms with Crippen molar-refractivity contribution in [2.24, 2.45) is 5.10 Å². The molecule has 0 aliphatic carbocycles. The molecule has 2 heterocycles. The van der Waals surface area contributed by atoms with Crippen molar-refractivity contribution in [1.29, 1.82) is 0 Å². The number of benzene rings is 4. The second kappa shape index (κ2) is 11.9. The second-order valence-corrected chi connectivity index (χ2v) is 9.90. The number of rotatable bonds is 9. The van der Waals surface area contributed by atoms with Gasteiger partial charge >= 0.3 is 0 Å². The van der Waals surface area contributed by atoms with Crippen LogP contribution in [0.4, 0.5) is 0 Å². The van der Waals surface area contributed by atoms with Gasteiger partial charge in [0.05, 0.1) is 43.8 Å². The first-order valence-corrected chi connectivity index (χ1v) is 13.6. The van der Waals surface area contributed by atoms with Crippen LogP contribution >= 0.6 is 11.6 Å². The van der Waals surface area contributed by atoms with Crippen molar-refractivity contribution >= 4 is 39.7 Å². The van der Waals surface area contributed by atoms with Crippen molar-refractivity contribution in [3.63, 3.8) is 0 Å². The molecule has 0 saturated carbocycles. The summed E-state index contributed by atoms with van der Waals surface area (Å²) in [6, 6.07) is 25.2. The highest BCUT2D eigenvalue weighted by Gasteiger charge is 2.19. The van der Waals surface area contributed by atoms with Gasteiger partial charge in [-0.15, -0.1) is 0 Å². The molecule has 0 aliphatic rings. The molecule has 6 rings (SSSR count). The maximum Gasteiger partial charge on any atom is 0.282 e. The number of fused-ring (bicyclic) bond motifs is 2. The highest BCUT2D eigenvalue weighted by molar-refractivity contribution is 6.30. The molecule has 0 N–H and O–H groups in total. The average molecular weight is 596 g/mol. The number of hydrogen-bond donors (Lipinski definition) is 0. The first kappa shape index (κ1) is 27.9. The molecule has 0 fully saturated rings. The maximum atomic E-state index is 13.7. The first-order chi connectivity index (χ1) is 21.0. The van der Waals surface area contributed by atoms with Gasteiger partial charge < -0.3 is 23.4 Å². The molecule has 0 spiro atoms. The highest BCUT2D eigenvalue weighted by atomic mass is 35.5. The minimum Gasteiger partial charge on any atom is -0.496 e. The lowest BCUT2D eigenvalue weighted by Gasteiger charge is -2.15. The average Bonchev–Trinajstić information content (AvgIpc) is 3.48. The molecule has 0 saturated heterocycles. The Bertz CT molecular complexity index is 2010. The van der Waals surface area contributed by atoms with Crippen LogP contribution in [0.5, 0.6) is 23.0 Å². The van der Waals surface area contributed by atoms with Crippen molar-refractivity contribution in [2.45, 2.75) is 6.61 Å². The van der Waals surface area contributed by atoms with Gasteiger partial charge in [0, 0.05) is 10.6 Å². The number of aromatic nitrogens is 2. The van der Waals surface area contributed by atoms with Crippen LogP contribution in [0.15, 0.2) is 99.2 Å². The van der Waals surface area contributed by atoms with Crippen LogP contribution in [0, 0.1) is 0 Å². The van der Waals surface area contributed by atoms with Gasteiger partial charge in [-0.1, -0.05) is 41.9 Å². The number of nitrogens with zero attached hydrogens (tertiary/aromatic N) is 3. The Morgan fingerprint density at radius 1 is 0.860 bits per heavy atom. The number of para-hydroxylation sites is 1. The summed E-state index contributed by atoms with van der Waals surface area (Å²) in [6.45, 7) is 0.279. The normalized spacial score (nSPS) is 11.3. The van der Waals surface area contributed by atoms with E-state index in [0.29, 0.717) is 55.8 Å². The van der Waals surface area contributed by atoms with E-state index in [-0.39, 0.29) is 18.0 Å². The quantitative estimate of drug-likeness (QED) is 0.167. The minimum absolute atomic E-state index is 0.236. The third-order valence-corrected chi connectivity index (χ3v) is 7.07. The van der Waals surface area contributed by atoms with Crippen LogP contribution in [0.2, 0.25) is 5.02 Å². The highest BCUT2D eigenvalue weighted by Crippen LogP contribution is 2.39. The molecular formula is C33H26ClN3O6. The van der Waals surface area contributed by atoms with E-state index in [1.807, 2.05) is 36.4 Å². The molecule has 0 bridgehead atoms. The summed E-state index contributed by atoms with van der Waals surface area (Å²) in [5.74, 6) is 2.54. The summed E-state index contributed by atoms with van der Waals surface area (Å²) in [5.41, 5.74) is 2.29. The predicted octanol–water partition coefficient (Wildman–Crippen LogP) is 6.95. The molecule has 43 heavy (non-hydrogen) atoms. The predicted molar refractivity (Wildman–Crippen MR) is 166 cm³/mol. The second-order valence-electron chi connectivity index (χ2n) is 9.47. The summed E-state index contributed by atoms with van der Waals surface area (Å²) in [6.07, 6.45) is 1.53. The van der Waals surface area contributed by atoms with E-state index in [1.165, 1.54) is 25.1 Å². The Morgan fingerprint density at radius 2 is 1.58 bits per heavy atom. The summed E-state index contributed by atoms with van der Waals surface area (Å²) in [5, 5.41) is 6.37. The van der Waals surface area contributed by atoms with E-state index in [0.717, 1.165) is 10.9 Å². The standard InChI is InChI=1S/C33H26ClN3O6/c1-39-26-9-6-10-27-24(26)17-30(43-27)32-36-25-8-5-4-7-23(25)33(38)37(32)35-18-21-15-28(40-2)31(29(16-21)41-3)42-19-20-11-13-22(34)14-12-20/h4-18H,19H2,1-3H3. The molecular weight excluding hydrogens is 570 g/mol. The lowest BCUT2D eigenvalue weighted by Crippen LogP contribution is -2.20. The van der Waals surface area contributed by atoms with Crippen molar-refractivity contribution < 1.29 is 23.4 Å². The van der Waals surface area contributed by atoms with Crippen LogP contribution in [-0.4, -0.2) is 37.2 Å². The molecule has 6 aromatic rings. The lowest BCUT2D eigenvalue weighted by molar-refractivity contribution is 0.266. The number of halogens is 1. The molecule has 0 amide bonds. The van der Waals surface area contributed by atoms with E-state index < -0.39 is 0 Å². The number of furan rings is 1. The molecule has 0 atom stereocenters. The third kappa shape index (κ3) is 5.50.